The first kappa shape index (κ1) is 8.31. The Morgan fingerprint density at radius 2 is 2.23 bits per heavy atom. The third-order valence-electron chi connectivity index (χ3n) is 1.80. The summed E-state index contributed by atoms with van der Waals surface area (Å²) >= 11 is 1.70. The first-order valence-corrected chi connectivity index (χ1v) is 4.86. The summed E-state index contributed by atoms with van der Waals surface area (Å²) in [6, 6.07) is 8.09. The van der Waals surface area contributed by atoms with Gasteiger partial charge in [-0.3, -0.25) is 0 Å². The molecule has 64 valence electrons. The van der Waals surface area contributed by atoms with E-state index >= 15 is 0 Å². The van der Waals surface area contributed by atoms with Crippen LogP contribution in [0.15, 0.2) is 29.6 Å². The van der Waals surface area contributed by atoms with Crippen LogP contribution in [0.2, 0.25) is 0 Å². The number of rotatable bonds is 0. The molecule has 0 saturated heterocycles. The van der Waals surface area contributed by atoms with E-state index in [1.165, 1.54) is 10.1 Å². The molecule has 2 heteroatoms. The second-order valence-corrected chi connectivity index (χ2v) is 3.55. The highest BCUT2D eigenvalue weighted by atomic mass is 32.1. The second-order valence-electron chi connectivity index (χ2n) is 2.60. The molecule has 1 heterocycles. The van der Waals surface area contributed by atoms with Crippen LogP contribution in [-0.2, 0) is 0 Å². The smallest absolute Gasteiger partial charge is 0.104 e. The molecule has 0 unspecified atom stereocenters. The van der Waals surface area contributed by atoms with Crippen molar-refractivity contribution in [3.05, 3.63) is 35.2 Å². The molecule has 0 spiro atoms. The minimum absolute atomic E-state index is 0.0828. The van der Waals surface area contributed by atoms with Crippen molar-refractivity contribution in [1.82, 2.24) is 0 Å². The fourth-order valence-electron chi connectivity index (χ4n) is 1.24. The van der Waals surface area contributed by atoms with Gasteiger partial charge in [-0.05, 0) is 23.6 Å². The maximum absolute atomic E-state index is 8.58. The summed E-state index contributed by atoms with van der Waals surface area (Å²) in [6.07, 6.45) is 0. The topological polar surface area (TPSA) is 20.2 Å². The van der Waals surface area contributed by atoms with E-state index in [4.69, 9.17) is 5.11 Å². The Hall–Kier alpha value is -1.30. The van der Waals surface area contributed by atoms with Gasteiger partial charge in [0.15, 0.2) is 0 Å². The van der Waals surface area contributed by atoms with Crippen LogP contribution in [0.1, 0.15) is 5.56 Å². The maximum Gasteiger partial charge on any atom is 0.104 e. The predicted octanol–water partition coefficient (Wildman–Crippen LogP) is 2.25. The predicted molar refractivity (Wildman–Crippen MR) is 55.8 cm³/mol. The van der Waals surface area contributed by atoms with Crippen LogP contribution < -0.4 is 0 Å². The van der Waals surface area contributed by atoms with Crippen LogP contribution in [0.5, 0.6) is 0 Å². The molecule has 2 rings (SSSR count). The van der Waals surface area contributed by atoms with Gasteiger partial charge in [0.1, 0.15) is 6.61 Å². The zero-order valence-electron chi connectivity index (χ0n) is 6.95. The summed E-state index contributed by atoms with van der Waals surface area (Å²) in [6.45, 7) is -0.0828. The molecule has 0 aliphatic rings. The van der Waals surface area contributed by atoms with Gasteiger partial charge in [0, 0.05) is 15.6 Å². The van der Waals surface area contributed by atoms with Crippen LogP contribution in [0.4, 0.5) is 0 Å². The molecule has 0 bridgehead atoms. The zero-order valence-corrected chi connectivity index (χ0v) is 7.77. The maximum atomic E-state index is 8.58. The van der Waals surface area contributed by atoms with Gasteiger partial charge in [0.2, 0.25) is 0 Å². The van der Waals surface area contributed by atoms with Gasteiger partial charge in [-0.15, -0.1) is 11.3 Å². The lowest BCUT2D eigenvalue weighted by Gasteiger charge is -1.92. The minimum Gasteiger partial charge on any atom is -0.384 e. The van der Waals surface area contributed by atoms with Crippen molar-refractivity contribution in [2.75, 3.05) is 6.61 Å². The molecule has 1 aromatic carbocycles. The molecule has 0 aliphatic carbocycles. The fraction of sp³-hybridized carbons (Fsp3) is 0.0909. The van der Waals surface area contributed by atoms with E-state index in [1.807, 2.05) is 12.1 Å². The summed E-state index contributed by atoms with van der Waals surface area (Å²) in [4.78, 5) is 0. The van der Waals surface area contributed by atoms with Crippen molar-refractivity contribution in [2.45, 2.75) is 0 Å². The molecule has 1 nitrogen and oxygen atoms in total. The van der Waals surface area contributed by atoms with E-state index in [2.05, 4.69) is 29.4 Å². The SMILES string of the molecule is OCC#Cc1cccc2sccc12. The highest BCUT2D eigenvalue weighted by Gasteiger charge is 1.97. The molecule has 1 N–H and O–H groups in total. The molecule has 1 aromatic heterocycles. The number of benzene rings is 1. The zero-order chi connectivity index (χ0) is 9.10. The van der Waals surface area contributed by atoms with Gasteiger partial charge in [-0.25, -0.2) is 0 Å². The van der Waals surface area contributed by atoms with Crippen molar-refractivity contribution in [3.63, 3.8) is 0 Å². The Bertz CT molecular complexity index is 473. The monoisotopic (exact) mass is 188 g/mol. The molecule has 0 amide bonds. The molecule has 2 aromatic rings. The van der Waals surface area contributed by atoms with Gasteiger partial charge in [0.05, 0.1) is 0 Å². The Morgan fingerprint density at radius 1 is 1.31 bits per heavy atom. The third kappa shape index (κ3) is 1.57. The summed E-state index contributed by atoms with van der Waals surface area (Å²) in [5.74, 6) is 5.59. The van der Waals surface area contributed by atoms with Crippen molar-refractivity contribution in [2.24, 2.45) is 0 Å². The van der Waals surface area contributed by atoms with Gasteiger partial charge in [-0.1, -0.05) is 17.9 Å². The first-order chi connectivity index (χ1) is 6.42. The molecule has 0 radical (unpaired) electrons. The largest absolute Gasteiger partial charge is 0.384 e. The minimum atomic E-state index is -0.0828. The molecular weight excluding hydrogens is 180 g/mol. The van der Waals surface area contributed by atoms with Crippen LogP contribution in [-0.4, -0.2) is 11.7 Å². The van der Waals surface area contributed by atoms with Crippen LogP contribution in [0, 0.1) is 11.8 Å². The standard InChI is InChI=1S/C11H8OS/c12-7-2-4-9-3-1-5-11-10(9)6-8-13-11/h1,3,5-6,8,12H,7H2. The molecular formula is C11H8OS. The number of fused-ring (bicyclic) bond motifs is 1. The Labute approximate surface area is 80.6 Å². The second kappa shape index (κ2) is 3.61. The average Bonchev–Trinajstić information content (AvgIpc) is 2.62. The summed E-state index contributed by atoms with van der Waals surface area (Å²) < 4.78 is 1.24. The van der Waals surface area contributed by atoms with E-state index in [1.54, 1.807) is 11.3 Å². The quantitative estimate of drug-likeness (QED) is 0.629. The van der Waals surface area contributed by atoms with E-state index in [9.17, 15) is 0 Å². The molecule has 13 heavy (non-hydrogen) atoms. The number of aliphatic hydroxyl groups excluding tert-OH is 1. The number of hydrogen-bond donors (Lipinski definition) is 1. The summed E-state index contributed by atoms with van der Waals surface area (Å²) in [5, 5.41) is 11.8. The van der Waals surface area contributed by atoms with Crippen molar-refractivity contribution in [1.29, 1.82) is 0 Å². The number of hydrogen-bond acceptors (Lipinski definition) is 2. The lowest BCUT2D eigenvalue weighted by molar-refractivity contribution is 0.350. The Morgan fingerprint density at radius 3 is 3.08 bits per heavy atom. The highest BCUT2D eigenvalue weighted by molar-refractivity contribution is 7.17. The molecule has 0 atom stereocenters. The number of aliphatic hydroxyl groups is 1. The first-order valence-electron chi connectivity index (χ1n) is 3.98. The van der Waals surface area contributed by atoms with Gasteiger partial charge < -0.3 is 5.11 Å². The lowest BCUT2D eigenvalue weighted by Crippen LogP contribution is -1.76. The van der Waals surface area contributed by atoms with Gasteiger partial charge in [-0.2, -0.15) is 0 Å². The summed E-state index contributed by atoms with van der Waals surface area (Å²) in [5.41, 5.74) is 0.993. The highest BCUT2D eigenvalue weighted by Crippen LogP contribution is 2.23. The Balaban J connectivity index is 2.61. The van der Waals surface area contributed by atoms with E-state index in [-0.39, 0.29) is 6.61 Å². The number of thiophene rings is 1. The molecule has 0 saturated carbocycles. The molecule has 0 aliphatic heterocycles. The van der Waals surface area contributed by atoms with E-state index < -0.39 is 0 Å². The average molecular weight is 188 g/mol. The van der Waals surface area contributed by atoms with Crippen molar-refractivity contribution in [3.8, 4) is 11.8 Å². The third-order valence-corrected chi connectivity index (χ3v) is 2.68. The van der Waals surface area contributed by atoms with E-state index in [0.717, 1.165) is 5.56 Å². The van der Waals surface area contributed by atoms with Gasteiger partial charge in [0.25, 0.3) is 0 Å². The normalized spacial score (nSPS) is 9.62. The lowest BCUT2D eigenvalue weighted by atomic mass is 10.1. The van der Waals surface area contributed by atoms with Gasteiger partial charge >= 0.3 is 0 Å². The van der Waals surface area contributed by atoms with Crippen LogP contribution in [0.25, 0.3) is 10.1 Å². The van der Waals surface area contributed by atoms with Crippen LogP contribution in [0.3, 0.4) is 0 Å². The Kier molecular flexibility index (Phi) is 2.31. The summed E-state index contributed by atoms with van der Waals surface area (Å²) in [7, 11) is 0. The van der Waals surface area contributed by atoms with Crippen molar-refractivity contribution >= 4 is 21.4 Å². The molecule has 0 fully saturated rings. The fourth-order valence-corrected chi connectivity index (χ4v) is 2.05. The van der Waals surface area contributed by atoms with Crippen LogP contribution >= 0.6 is 11.3 Å². The van der Waals surface area contributed by atoms with E-state index in [0.29, 0.717) is 0 Å². The van der Waals surface area contributed by atoms with Crippen molar-refractivity contribution < 1.29 is 5.11 Å².